The van der Waals surface area contributed by atoms with E-state index in [1.165, 1.54) is 0 Å². The standard InChI is InChI=1S/C7H5BrNO/c8-7-4-2-1-3-6(7)5-9-10/h1-4,10H. The van der Waals surface area contributed by atoms with Gasteiger partial charge >= 0.3 is 0 Å². The number of hydrogen-bond acceptors (Lipinski definition) is 2. The summed E-state index contributed by atoms with van der Waals surface area (Å²) in [6.45, 7) is 0. The highest BCUT2D eigenvalue weighted by Crippen LogP contribution is 2.12. The molecule has 1 radical (unpaired) electrons. The Kier molecular flexibility index (Phi) is 2.45. The molecule has 51 valence electrons. The highest BCUT2D eigenvalue weighted by Gasteiger charge is 1.92. The Hall–Kier alpha value is -0.830. The lowest BCUT2D eigenvalue weighted by atomic mass is 10.2. The molecule has 0 atom stereocenters. The summed E-state index contributed by atoms with van der Waals surface area (Å²) in [5, 5.41) is 10.9. The van der Waals surface area contributed by atoms with Crippen LogP contribution in [0.3, 0.4) is 0 Å². The van der Waals surface area contributed by atoms with Gasteiger partial charge in [0.05, 0.1) is 0 Å². The minimum Gasteiger partial charge on any atom is -0.410 e. The number of rotatable bonds is 1. The Bertz CT molecular complexity index is 247. The third-order valence-electron chi connectivity index (χ3n) is 1.04. The van der Waals surface area contributed by atoms with Crippen LogP contribution in [0.25, 0.3) is 0 Å². The smallest absolute Gasteiger partial charge is 0.140 e. The highest BCUT2D eigenvalue weighted by molar-refractivity contribution is 9.10. The van der Waals surface area contributed by atoms with Crippen LogP contribution in [0.4, 0.5) is 0 Å². The normalized spacial score (nSPS) is 10.5. The van der Waals surface area contributed by atoms with E-state index in [0.717, 1.165) is 10.0 Å². The molecule has 0 fully saturated rings. The van der Waals surface area contributed by atoms with Crippen LogP contribution in [0, 0.1) is 0 Å². The van der Waals surface area contributed by atoms with Gasteiger partial charge < -0.3 is 5.21 Å². The number of nitrogens with zero attached hydrogens (tertiary/aromatic N) is 1. The minimum atomic E-state index is 0.741. The van der Waals surface area contributed by atoms with E-state index in [-0.39, 0.29) is 0 Å². The van der Waals surface area contributed by atoms with Crippen LogP contribution >= 0.6 is 15.9 Å². The summed E-state index contributed by atoms with van der Waals surface area (Å²) in [5.41, 5.74) is 0.741. The zero-order valence-electron chi connectivity index (χ0n) is 5.08. The van der Waals surface area contributed by atoms with Gasteiger partial charge in [-0.25, -0.2) is 0 Å². The summed E-state index contributed by atoms with van der Waals surface area (Å²) in [5.74, 6) is 0. The molecule has 1 rings (SSSR count). The topological polar surface area (TPSA) is 32.6 Å². The fraction of sp³-hybridized carbons (Fsp3) is 0. The number of hydrogen-bond donors (Lipinski definition) is 1. The van der Waals surface area contributed by atoms with Gasteiger partial charge in [0.2, 0.25) is 0 Å². The molecule has 0 aliphatic carbocycles. The predicted octanol–water partition coefficient (Wildman–Crippen LogP) is 2.13. The van der Waals surface area contributed by atoms with Gasteiger partial charge in [-0.15, -0.1) is 0 Å². The second-order valence-corrected chi connectivity index (χ2v) is 2.55. The third-order valence-corrected chi connectivity index (χ3v) is 1.74. The van der Waals surface area contributed by atoms with Crippen molar-refractivity contribution >= 4 is 22.1 Å². The van der Waals surface area contributed by atoms with Crippen LogP contribution in [0.2, 0.25) is 0 Å². The SMILES string of the molecule is ON=[C]c1ccccc1Br. The summed E-state index contributed by atoms with van der Waals surface area (Å²) in [7, 11) is 0. The summed E-state index contributed by atoms with van der Waals surface area (Å²) in [4.78, 5) is 0. The molecule has 1 N–H and O–H groups in total. The second-order valence-electron chi connectivity index (χ2n) is 1.69. The van der Waals surface area contributed by atoms with Gasteiger partial charge in [0.15, 0.2) is 0 Å². The second kappa shape index (κ2) is 3.37. The van der Waals surface area contributed by atoms with E-state index in [2.05, 4.69) is 27.3 Å². The molecule has 0 saturated heterocycles. The molecule has 3 heteroatoms. The van der Waals surface area contributed by atoms with Gasteiger partial charge in [-0.1, -0.05) is 39.3 Å². The largest absolute Gasteiger partial charge is 0.410 e. The Morgan fingerprint density at radius 3 is 2.70 bits per heavy atom. The van der Waals surface area contributed by atoms with Gasteiger partial charge in [-0.2, -0.15) is 0 Å². The van der Waals surface area contributed by atoms with Gasteiger partial charge in [-0.05, 0) is 6.07 Å². The Morgan fingerprint density at radius 1 is 1.40 bits per heavy atom. The van der Waals surface area contributed by atoms with Crippen molar-refractivity contribution in [2.45, 2.75) is 0 Å². The molecule has 1 aromatic rings. The summed E-state index contributed by atoms with van der Waals surface area (Å²) in [6, 6.07) is 7.38. The maximum Gasteiger partial charge on any atom is 0.140 e. The molecule has 0 amide bonds. The molecule has 0 aliphatic rings. The van der Waals surface area contributed by atoms with Crippen molar-refractivity contribution < 1.29 is 5.21 Å². The maximum atomic E-state index is 8.14. The van der Waals surface area contributed by atoms with E-state index < -0.39 is 0 Å². The average Bonchev–Trinajstić information content (AvgIpc) is 1.94. The van der Waals surface area contributed by atoms with Crippen LogP contribution in [-0.4, -0.2) is 11.4 Å². The summed E-state index contributed by atoms with van der Waals surface area (Å²) >= 11 is 3.26. The van der Waals surface area contributed by atoms with E-state index in [1.807, 2.05) is 18.2 Å². The van der Waals surface area contributed by atoms with Crippen molar-refractivity contribution in [2.24, 2.45) is 5.16 Å². The molecule has 0 unspecified atom stereocenters. The first-order valence-electron chi connectivity index (χ1n) is 2.69. The molecule has 0 heterocycles. The van der Waals surface area contributed by atoms with Crippen molar-refractivity contribution in [2.75, 3.05) is 0 Å². The van der Waals surface area contributed by atoms with Crippen LogP contribution < -0.4 is 0 Å². The quantitative estimate of drug-likeness (QED) is 0.419. The first kappa shape index (κ1) is 7.28. The van der Waals surface area contributed by atoms with Crippen LogP contribution in [0.1, 0.15) is 5.56 Å². The highest BCUT2D eigenvalue weighted by atomic mass is 79.9. The van der Waals surface area contributed by atoms with E-state index in [1.54, 1.807) is 6.07 Å². The molecule has 0 aromatic heterocycles. The minimum absolute atomic E-state index is 0.741. The molecule has 0 bridgehead atoms. The first-order valence-corrected chi connectivity index (χ1v) is 3.48. The van der Waals surface area contributed by atoms with Gasteiger partial charge in [0, 0.05) is 10.0 Å². The molecule has 0 aliphatic heterocycles. The Balaban J connectivity index is 3.03. The van der Waals surface area contributed by atoms with Crippen molar-refractivity contribution in [3.63, 3.8) is 0 Å². The molecule has 1 aromatic carbocycles. The fourth-order valence-corrected chi connectivity index (χ4v) is 0.979. The number of halogens is 1. The lowest BCUT2D eigenvalue weighted by molar-refractivity contribution is 0.322. The van der Waals surface area contributed by atoms with Crippen molar-refractivity contribution in [3.05, 3.63) is 34.3 Å². The van der Waals surface area contributed by atoms with Crippen LogP contribution in [-0.2, 0) is 0 Å². The van der Waals surface area contributed by atoms with E-state index >= 15 is 0 Å². The van der Waals surface area contributed by atoms with Crippen molar-refractivity contribution in [3.8, 4) is 0 Å². The molecular weight excluding hydrogens is 194 g/mol. The van der Waals surface area contributed by atoms with Gasteiger partial charge in [-0.3, -0.25) is 0 Å². The van der Waals surface area contributed by atoms with E-state index in [4.69, 9.17) is 5.21 Å². The predicted molar refractivity (Wildman–Crippen MR) is 42.5 cm³/mol. The summed E-state index contributed by atoms with van der Waals surface area (Å²) < 4.78 is 0.868. The molecule has 0 saturated carbocycles. The maximum absolute atomic E-state index is 8.14. The molecular formula is C7H5BrNO. The van der Waals surface area contributed by atoms with Gasteiger partial charge in [0.1, 0.15) is 6.21 Å². The Morgan fingerprint density at radius 2 is 2.10 bits per heavy atom. The summed E-state index contributed by atoms with van der Waals surface area (Å²) in [6.07, 6.45) is 2.41. The monoisotopic (exact) mass is 198 g/mol. The lowest BCUT2D eigenvalue weighted by Crippen LogP contribution is -1.80. The zero-order valence-corrected chi connectivity index (χ0v) is 6.67. The average molecular weight is 199 g/mol. The van der Waals surface area contributed by atoms with E-state index in [9.17, 15) is 0 Å². The molecule has 0 spiro atoms. The molecule has 10 heavy (non-hydrogen) atoms. The fourth-order valence-electron chi connectivity index (χ4n) is 0.606. The van der Waals surface area contributed by atoms with Crippen molar-refractivity contribution in [1.29, 1.82) is 0 Å². The zero-order chi connectivity index (χ0) is 7.40. The lowest BCUT2D eigenvalue weighted by Gasteiger charge is -1.91. The third kappa shape index (κ3) is 1.57. The van der Waals surface area contributed by atoms with Crippen LogP contribution in [0.15, 0.2) is 33.9 Å². The van der Waals surface area contributed by atoms with Gasteiger partial charge in [0.25, 0.3) is 0 Å². The van der Waals surface area contributed by atoms with E-state index in [0.29, 0.717) is 0 Å². The van der Waals surface area contributed by atoms with Crippen LogP contribution in [0.5, 0.6) is 0 Å². The molecule has 2 nitrogen and oxygen atoms in total. The van der Waals surface area contributed by atoms with Crippen molar-refractivity contribution in [1.82, 2.24) is 0 Å². The number of benzene rings is 1. The first-order chi connectivity index (χ1) is 4.84. The Labute approximate surface area is 67.3 Å².